The summed E-state index contributed by atoms with van der Waals surface area (Å²) in [5, 5.41) is 9.79. The van der Waals surface area contributed by atoms with Gasteiger partial charge in [-0.1, -0.05) is 47.5 Å². The highest BCUT2D eigenvalue weighted by Gasteiger charge is 2.34. The van der Waals surface area contributed by atoms with E-state index in [4.69, 9.17) is 23.2 Å². The Labute approximate surface area is 273 Å². The summed E-state index contributed by atoms with van der Waals surface area (Å²) in [6.45, 7) is 2.62. The first kappa shape index (κ1) is 30.1. The largest absolute Gasteiger partial charge is 0.315 e. The summed E-state index contributed by atoms with van der Waals surface area (Å²) in [6, 6.07) is 15.9. The average molecular weight is 656 g/mol. The molecule has 0 spiro atoms. The predicted molar refractivity (Wildman–Crippen MR) is 176 cm³/mol. The molecule has 7 rings (SSSR count). The fourth-order valence-electron chi connectivity index (χ4n) is 6.28. The van der Waals surface area contributed by atoms with E-state index in [9.17, 15) is 19.2 Å². The fraction of sp³-hybridized carbons (Fsp3) is 0.206. The van der Waals surface area contributed by atoms with Gasteiger partial charge in [0, 0.05) is 76.8 Å². The Kier molecular flexibility index (Phi) is 8.04. The molecular formula is C34H28Cl2N6O4. The number of halogens is 2. The molecule has 0 atom stereocenters. The lowest BCUT2D eigenvalue weighted by Gasteiger charge is -2.28. The smallest absolute Gasteiger partial charge is 0.261 e. The first-order valence-electron chi connectivity index (χ1n) is 15.0. The maximum Gasteiger partial charge on any atom is 0.261 e. The van der Waals surface area contributed by atoms with Crippen LogP contribution in [0.3, 0.4) is 0 Å². The van der Waals surface area contributed by atoms with Gasteiger partial charge in [-0.2, -0.15) is 0 Å². The Balaban J connectivity index is 0.886. The van der Waals surface area contributed by atoms with Crippen molar-refractivity contribution < 1.29 is 19.2 Å². The summed E-state index contributed by atoms with van der Waals surface area (Å²) >= 11 is 12.6. The van der Waals surface area contributed by atoms with Crippen molar-refractivity contribution in [3.05, 3.63) is 106 Å². The summed E-state index contributed by atoms with van der Waals surface area (Å²) in [4.78, 5) is 59.7. The standard InChI is InChI=1S/C34H28Cl2N6O4/c35-26-18-25-29-21(30(26)36)5-2-7-23(29)32(44)42(34(25)46)17-14-38-11-3-10-37-13-16-41-31(43)22-6-1-4-20-27(40-15-12-39-19-40)9-8-24(28(20)22)33(41)45/h1-2,4-9,12,15,18-19,37-38H,3,10-11,13-14,16-17H2. The number of nitrogens with zero attached hydrogens (tertiary/aromatic N) is 4. The quantitative estimate of drug-likeness (QED) is 0.153. The number of imide groups is 2. The number of carbonyl (C=O) groups excluding carboxylic acids is 4. The van der Waals surface area contributed by atoms with Crippen molar-refractivity contribution in [2.75, 3.05) is 39.3 Å². The van der Waals surface area contributed by atoms with Crippen molar-refractivity contribution in [3.8, 4) is 5.69 Å². The minimum Gasteiger partial charge on any atom is -0.315 e. The van der Waals surface area contributed by atoms with Gasteiger partial charge in [-0.15, -0.1) is 0 Å². The maximum absolute atomic E-state index is 13.4. The molecule has 0 saturated heterocycles. The molecule has 46 heavy (non-hydrogen) atoms. The molecule has 5 aromatic rings. The van der Waals surface area contributed by atoms with Crippen LogP contribution in [0, 0.1) is 0 Å². The SMILES string of the molecule is O=C1c2cccc3c(-n4ccnc4)ccc(c23)C(=O)N1CCNCCCNCCN1C(=O)c2cccc3c(Cl)c(Cl)cc(c23)C1=O. The topological polar surface area (TPSA) is 117 Å². The Morgan fingerprint density at radius 1 is 0.652 bits per heavy atom. The lowest BCUT2D eigenvalue weighted by molar-refractivity contribution is 0.0597. The third-order valence-corrected chi connectivity index (χ3v) is 9.29. The number of hydrogen-bond donors (Lipinski definition) is 2. The van der Waals surface area contributed by atoms with Gasteiger partial charge in [0.1, 0.15) is 0 Å². The fourth-order valence-corrected chi connectivity index (χ4v) is 6.70. The van der Waals surface area contributed by atoms with Crippen LogP contribution >= 0.6 is 23.2 Å². The van der Waals surface area contributed by atoms with Gasteiger partial charge >= 0.3 is 0 Å². The van der Waals surface area contributed by atoms with Crippen molar-refractivity contribution in [1.29, 1.82) is 0 Å². The monoisotopic (exact) mass is 654 g/mol. The number of benzene rings is 4. The van der Waals surface area contributed by atoms with Gasteiger partial charge in [0.2, 0.25) is 0 Å². The Bertz CT molecular complexity index is 2040. The summed E-state index contributed by atoms with van der Waals surface area (Å²) in [5.74, 6) is -1.36. The van der Waals surface area contributed by atoms with E-state index in [1.54, 1.807) is 42.9 Å². The van der Waals surface area contributed by atoms with E-state index < -0.39 is 5.91 Å². The normalized spacial score (nSPS) is 14.3. The molecule has 2 N–H and O–H groups in total. The van der Waals surface area contributed by atoms with Crippen molar-refractivity contribution in [2.24, 2.45) is 0 Å². The summed E-state index contributed by atoms with van der Waals surface area (Å²) in [6.07, 6.45) is 5.96. The van der Waals surface area contributed by atoms with Crippen LogP contribution in [0.4, 0.5) is 0 Å². The van der Waals surface area contributed by atoms with Gasteiger partial charge < -0.3 is 15.2 Å². The minimum absolute atomic E-state index is 0.207. The van der Waals surface area contributed by atoms with Crippen molar-refractivity contribution in [2.45, 2.75) is 6.42 Å². The molecule has 0 saturated carbocycles. The van der Waals surface area contributed by atoms with Gasteiger partial charge in [-0.25, -0.2) is 4.98 Å². The molecule has 2 aliphatic rings. The van der Waals surface area contributed by atoms with Gasteiger partial charge in [-0.3, -0.25) is 29.0 Å². The number of imidazole rings is 1. The molecule has 10 nitrogen and oxygen atoms in total. The van der Waals surface area contributed by atoms with E-state index in [0.29, 0.717) is 69.6 Å². The molecule has 0 radical (unpaired) electrons. The van der Waals surface area contributed by atoms with Crippen LogP contribution in [0.1, 0.15) is 47.9 Å². The molecular weight excluding hydrogens is 627 g/mol. The molecule has 0 fully saturated rings. The van der Waals surface area contributed by atoms with Gasteiger partial charge in [-0.05, 0) is 49.8 Å². The average Bonchev–Trinajstić information content (AvgIpc) is 3.61. The second-order valence-electron chi connectivity index (χ2n) is 11.2. The molecule has 1 aromatic heterocycles. The molecule has 0 unspecified atom stereocenters. The molecule has 2 aliphatic heterocycles. The number of carbonyl (C=O) groups is 4. The van der Waals surface area contributed by atoms with E-state index in [-0.39, 0.29) is 35.8 Å². The van der Waals surface area contributed by atoms with E-state index in [2.05, 4.69) is 15.6 Å². The number of amides is 4. The molecule has 4 amide bonds. The van der Waals surface area contributed by atoms with Crippen LogP contribution in [-0.2, 0) is 0 Å². The highest BCUT2D eigenvalue weighted by molar-refractivity contribution is 6.46. The number of hydrogen-bond acceptors (Lipinski definition) is 7. The Morgan fingerprint density at radius 2 is 1.22 bits per heavy atom. The van der Waals surface area contributed by atoms with Crippen LogP contribution in [0.2, 0.25) is 10.0 Å². The van der Waals surface area contributed by atoms with Crippen molar-refractivity contribution >= 4 is 68.4 Å². The van der Waals surface area contributed by atoms with Crippen LogP contribution in [0.25, 0.3) is 27.2 Å². The molecule has 232 valence electrons. The first-order valence-corrected chi connectivity index (χ1v) is 15.7. The number of nitrogens with one attached hydrogen (secondary N) is 2. The van der Waals surface area contributed by atoms with Crippen LogP contribution < -0.4 is 10.6 Å². The van der Waals surface area contributed by atoms with E-state index >= 15 is 0 Å². The highest BCUT2D eigenvalue weighted by atomic mass is 35.5. The van der Waals surface area contributed by atoms with E-state index in [1.165, 1.54) is 15.9 Å². The molecule has 3 heterocycles. The van der Waals surface area contributed by atoms with E-state index in [1.807, 2.05) is 29.0 Å². The second-order valence-corrected chi connectivity index (χ2v) is 11.9. The summed E-state index contributed by atoms with van der Waals surface area (Å²) in [7, 11) is 0. The number of rotatable bonds is 11. The van der Waals surface area contributed by atoms with E-state index in [0.717, 1.165) is 17.5 Å². The van der Waals surface area contributed by atoms with Gasteiger partial charge in [0.05, 0.1) is 27.6 Å². The zero-order valence-electron chi connectivity index (χ0n) is 24.6. The second kappa shape index (κ2) is 12.3. The zero-order chi connectivity index (χ0) is 31.9. The molecule has 12 heteroatoms. The van der Waals surface area contributed by atoms with Gasteiger partial charge in [0.25, 0.3) is 23.6 Å². The number of aromatic nitrogens is 2. The minimum atomic E-state index is -0.393. The van der Waals surface area contributed by atoms with Crippen LogP contribution in [-0.4, -0.2) is 82.2 Å². The predicted octanol–water partition coefficient (Wildman–Crippen LogP) is 4.95. The third-order valence-electron chi connectivity index (χ3n) is 8.48. The maximum atomic E-state index is 13.4. The molecule has 0 aliphatic carbocycles. The van der Waals surface area contributed by atoms with Crippen LogP contribution in [0.15, 0.2) is 73.3 Å². The highest BCUT2D eigenvalue weighted by Crippen LogP contribution is 2.38. The molecule has 0 bridgehead atoms. The Hall–Kier alpha value is -4.61. The Morgan fingerprint density at radius 3 is 1.83 bits per heavy atom. The lowest BCUT2D eigenvalue weighted by Crippen LogP contribution is -2.44. The zero-order valence-corrected chi connectivity index (χ0v) is 26.1. The summed E-state index contributed by atoms with van der Waals surface area (Å²) in [5.41, 5.74) is 2.68. The summed E-state index contributed by atoms with van der Waals surface area (Å²) < 4.78 is 1.86. The van der Waals surface area contributed by atoms with Crippen LogP contribution in [0.5, 0.6) is 0 Å². The first-order chi connectivity index (χ1) is 22.4. The molecule has 4 aromatic carbocycles. The van der Waals surface area contributed by atoms with Crippen molar-refractivity contribution in [3.63, 3.8) is 0 Å². The lowest BCUT2D eigenvalue weighted by atomic mass is 9.93. The van der Waals surface area contributed by atoms with Gasteiger partial charge in [0.15, 0.2) is 0 Å². The van der Waals surface area contributed by atoms with Crippen molar-refractivity contribution in [1.82, 2.24) is 30.0 Å². The third kappa shape index (κ3) is 5.03.